The number of benzene rings is 1. The van der Waals surface area contributed by atoms with Gasteiger partial charge in [0.1, 0.15) is 0 Å². The third-order valence-corrected chi connectivity index (χ3v) is 2.22. The number of nitrogens with one attached hydrogen (secondary N) is 1. The van der Waals surface area contributed by atoms with Crippen LogP contribution in [0.5, 0.6) is 0 Å². The van der Waals surface area contributed by atoms with Crippen LogP contribution in [0.15, 0.2) is 30.3 Å². The number of hydrogen-bond acceptors (Lipinski definition) is 2. The maximum absolute atomic E-state index is 10.7. The Labute approximate surface area is 90.1 Å². The molecule has 0 aliphatic heterocycles. The van der Waals surface area contributed by atoms with Crippen LogP contribution in [0.25, 0.3) is 0 Å². The zero-order valence-electron chi connectivity index (χ0n) is 8.94. The van der Waals surface area contributed by atoms with Gasteiger partial charge in [-0.15, -0.1) is 0 Å². The first-order valence-electron chi connectivity index (χ1n) is 5.24. The van der Waals surface area contributed by atoms with Crippen LogP contribution in [-0.4, -0.2) is 17.6 Å². The maximum Gasteiger partial charge on any atom is 0.305 e. The molecule has 0 aromatic heterocycles. The molecule has 0 saturated heterocycles. The monoisotopic (exact) mass is 207 g/mol. The van der Waals surface area contributed by atoms with Gasteiger partial charge in [-0.1, -0.05) is 37.3 Å². The number of aliphatic carboxylic acids is 1. The summed E-state index contributed by atoms with van der Waals surface area (Å²) in [4.78, 5) is 10.7. The second kappa shape index (κ2) is 6.19. The van der Waals surface area contributed by atoms with Gasteiger partial charge in [0, 0.05) is 6.04 Å². The van der Waals surface area contributed by atoms with Gasteiger partial charge in [0.15, 0.2) is 0 Å². The fourth-order valence-electron chi connectivity index (χ4n) is 1.49. The summed E-state index contributed by atoms with van der Waals surface area (Å²) in [5, 5.41) is 12.0. The molecular weight excluding hydrogens is 190 g/mol. The summed E-state index contributed by atoms with van der Waals surface area (Å²) in [6.45, 7) is 2.91. The van der Waals surface area contributed by atoms with Crippen molar-refractivity contribution >= 4 is 5.97 Å². The van der Waals surface area contributed by atoms with Gasteiger partial charge in [-0.25, -0.2) is 0 Å². The van der Waals surface area contributed by atoms with Crippen LogP contribution in [0.3, 0.4) is 0 Å². The van der Waals surface area contributed by atoms with E-state index in [4.69, 9.17) is 5.11 Å². The van der Waals surface area contributed by atoms with Crippen LogP contribution in [0.2, 0.25) is 0 Å². The second-order valence-electron chi connectivity index (χ2n) is 3.52. The van der Waals surface area contributed by atoms with Crippen molar-refractivity contribution in [3.8, 4) is 0 Å². The van der Waals surface area contributed by atoms with Crippen molar-refractivity contribution in [2.45, 2.75) is 25.8 Å². The molecule has 0 radical (unpaired) electrons. The summed E-state index contributed by atoms with van der Waals surface area (Å²) in [5.74, 6) is -0.771. The lowest BCUT2D eigenvalue weighted by Gasteiger charge is -2.16. The van der Waals surface area contributed by atoms with E-state index in [9.17, 15) is 4.79 Å². The van der Waals surface area contributed by atoms with E-state index in [0.29, 0.717) is 0 Å². The van der Waals surface area contributed by atoms with Gasteiger partial charge in [0.2, 0.25) is 0 Å². The SMILES string of the molecule is CCCN[C@H](CC(=O)O)c1ccccc1. The Kier molecular flexibility index (Phi) is 4.84. The summed E-state index contributed by atoms with van der Waals surface area (Å²) in [7, 11) is 0. The average Bonchev–Trinajstić information content (AvgIpc) is 2.25. The molecule has 3 nitrogen and oxygen atoms in total. The zero-order valence-corrected chi connectivity index (χ0v) is 8.94. The summed E-state index contributed by atoms with van der Waals surface area (Å²) in [6, 6.07) is 9.62. The molecule has 0 heterocycles. The average molecular weight is 207 g/mol. The molecule has 0 spiro atoms. The zero-order chi connectivity index (χ0) is 11.1. The minimum Gasteiger partial charge on any atom is -0.481 e. The Bertz CT molecular complexity index is 298. The smallest absolute Gasteiger partial charge is 0.305 e. The van der Waals surface area contributed by atoms with E-state index in [1.54, 1.807) is 0 Å². The minimum absolute atomic E-state index is 0.0800. The van der Waals surface area contributed by atoms with Crippen molar-refractivity contribution < 1.29 is 9.90 Å². The summed E-state index contributed by atoms with van der Waals surface area (Å²) >= 11 is 0. The molecule has 0 aliphatic carbocycles. The van der Waals surface area contributed by atoms with Crippen LogP contribution in [-0.2, 0) is 4.79 Å². The third kappa shape index (κ3) is 4.13. The van der Waals surface area contributed by atoms with Gasteiger partial charge in [-0.05, 0) is 18.5 Å². The number of carboxylic acid groups (broad SMARTS) is 1. The van der Waals surface area contributed by atoms with Crippen LogP contribution >= 0.6 is 0 Å². The molecule has 0 amide bonds. The highest BCUT2D eigenvalue weighted by atomic mass is 16.4. The first-order chi connectivity index (χ1) is 7.24. The predicted octanol–water partition coefficient (Wildman–Crippen LogP) is 2.20. The Balaban J connectivity index is 2.67. The molecule has 0 saturated carbocycles. The highest BCUT2D eigenvalue weighted by Gasteiger charge is 2.13. The van der Waals surface area contributed by atoms with E-state index in [1.807, 2.05) is 30.3 Å². The molecule has 15 heavy (non-hydrogen) atoms. The van der Waals surface area contributed by atoms with E-state index in [0.717, 1.165) is 18.5 Å². The lowest BCUT2D eigenvalue weighted by atomic mass is 10.0. The second-order valence-corrected chi connectivity index (χ2v) is 3.52. The molecule has 0 fully saturated rings. The quantitative estimate of drug-likeness (QED) is 0.751. The Hall–Kier alpha value is -1.35. The third-order valence-electron chi connectivity index (χ3n) is 2.22. The number of carbonyl (C=O) groups is 1. The summed E-state index contributed by atoms with van der Waals surface area (Å²) < 4.78 is 0. The summed E-state index contributed by atoms with van der Waals surface area (Å²) in [5.41, 5.74) is 1.04. The molecular formula is C12H17NO2. The molecule has 0 aliphatic rings. The Morgan fingerprint density at radius 1 is 1.40 bits per heavy atom. The standard InChI is InChI=1S/C12H17NO2/c1-2-8-13-11(9-12(14)15)10-6-4-3-5-7-10/h3-7,11,13H,2,8-9H2,1H3,(H,14,15)/t11-/m1/s1. The maximum atomic E-state index is 10.7. The van der Waals surface area contributed by atoms with Crippen LogP contribution < -0.4 is 5.32 Å². The lowest BCUT2D eigenvalue weighted by Crippen LogP contribution is -2.24. The molecule has 1 aromatic rings. The van der Waals surface area contributed by atoms with Crippen LogP contribution in [0.1, 0.15) is 31.4 Å². The topological polar surface area (TPSA) is 49.3 Å². The predicted molar refractivity (Wildman–Crippen MR) is 59.7 cm³/mol. The Morgan fingerprint density at radius 2 is 2.07 bits per heavy atom. The van der Waals surface area contributed by atoms with Crippen molar-refractivity contribution in [3.63, 3.8) is 0 Å². The highest BCUT2D eigenvalue weighted by molar-refractivity contribution is 5.67. The first-order valence-corrected chi connectivity index (χ1v) is 5.24. The molecule has 2 N–H and O–H groups in total. The van der Waals surface area contributed by atoms with Crippen molar-refractivity contribution in [1.82, 2.24) is 5.32 Å². The van der Waals surface area contributed by atoms with Gasteiger partial charge >= 0.3 is 5.97 Å². The largest absolute Gasteiger partial charge is 0.481 e. The van der Waals surface area contributed by atoms with Gasteiger partial charge in [0.25, 0.3) is 0 Å². The van der Waals surface area contributed by atoms with E-state index < -0.39 is 5.97 Å². The van der Waals surface area contributed by atoms with E-state index >= 15 is 0 Å². The van der Waals surface area contributed by atoms with Crippen LogP contribution in [0, 0.1) is 0 Å². The van der Waals surface area contributed by atoms with Gasteiger partial charge in [-0.3, -0.25) is 4.79 Å². The first kappa shape index (κ1) is 11.7. The normalized spacial score (nSPS) is 12.3. The van der Waals surface area contributed by atoms with Crippen LogP contribution in [0.4, 0.5) is 0 Å². The molecule has 0 bridgehead atoms. The fraction of sp³-hybridized carbons (Fsp3) is 0.417. The minimum atomic E-state index is -0.771. The lowest BCUT2D eigenvalue weighted by molar-refractivity contribution is -0.137. The van der Waals surface area contributed by atoms with Gasteiger partial charge in [-0.2, -0.15) is 0 Å². The molecule has 1 aromatic carbocycles. The molecule has 1 rings (SSSR count). The van der Waals surface area contributed by atoms with Gasteiger partial charge in [0.05, 0.1) is 6.42 Å². The van der Waals surface area contributed by atoms with Crippen molar-refractivity contribution in [2.24, 2.45) is 0 Å². The number of carboxylic acids is 1. The van der Waals surface area contributed by atoms with E-state index in [1.165, 1.54) is 0 Å². The van der Waals surface area contributed by atoms with E-state index in [2.05, 4.69) is 12.2 Å². The molecule has 1 atom stereocenters. The summed E-state index contributed by atoms with van der Waals surface area (Å²) in [6.07, 6.45) is 1.13. The molecule has 0 unspecified atom stereocenters. The van der Waals surface area contributed by atoms with E-state index in [-0.39, 0.29) is 12.5 Å². The Morgan fingerprint density at radius 3 is 2.60 bits per heavy atom. The molecule has 82 valence electrons. The van der Waals surface area contributed by atoms with Crippen molar-refractivity contribution in [3.05, 3.63) is 35.9 Å². The van der Waals surface area contributed by atoms with Crippen molar-refractivity contribution in [2.75, 3.05) is 6.54 Å². The molecule has 3 heteroatoms. The highest BCUT2D eigenvalue weighted by Crippen LogP contribution is 2.16. The fourth-order valence-corrected chi connectivity index (χ4v) is 1.49. The number of hydrogen-bond donors (Lipinski definition) is 2. The van der Waals surface area contributed by atoms with Crippen molar-refractivity contribution in [1.29, 1.82) is 0 Å². The van der Waals surface area contributed by atoms with Gasteiger partial charge < -0.3 is 10.4 Å². The number of rotatable bonds is 6.